The summed E-state index contributed by atoms with van der Waals surface area (Å²) < 4.78 is 10.8. The van der Waals surface area contributed by atoms with E-state index in [1.165, 1.54) is 6.07 Å². The van der Waals surface area contributed by atoms with Crippen molar-refractivity contribution in [2.75, 3.05) is 18.5 Å². The first-order valence-corrected chi connectivity index (χ1v) is 4.82. The van der Waals surface area contributed by atoms with Crippen LogP contribution in [0.15, 0.2) is 12.1 Å². The van der Waals surface area contributed by atoms with Crippen LogP contribution in [0, 0.1) is 18.3 Å². The lowest BCUT2D eigenvalue weighted by atomic mass is 10.1. The van der Waals surface area contributed by atoms with Crippen LogP contribution in [0.2, 0.25) is 0 Å². The van der Waals surface area contributed by atoms with Crippen molar-refractivity contribution in [2.45, 2.75) is 6.92 Å². The first-order valence-electron chi connectivity index (χ1n) is 4.82. The SMILES string of the molecule is Cc1cc2c(cc1NC(=O)C#N)OCCO2. The Morgan fingerprint density at radius 3 is 2.62 bits per heavy atom. The van der Waals surface area contributed by atoms with Crippen molar-refractivity contribution in [1.29, 1.82) is 5.26 Å². The third-order valence-electron chi connectivity index (χ3n) is 2.24. The maximum atomic E-state index is 11.0. The highest BCUT2D eigenvalue weighted by atomic mass is 16.6. The van der Waals surface area contributed by atoms with Crippen LogP contribution in [-0.4, -0.2) is 19.1 Å². The highest BCUT2D eigenvalue weighted by Gasteiger charge is 2.14. The molecule has 1 N–H and O–H groups in total. The third kappa shape index (κ3) is 1.91. The van der Waals surface area contributed by atoms with E-state index < -0.39 is 5.91 Å². The summed E-state index contributed by atoms with van der Waals surface area (Å²) >= 11 is 0. The summed E-state index contributed by atoms with van der Waals surface area (Å²) in [5, 5.41) is 10.9. The average Bonchev–Trinajstić information content (AvgIpc) is 2.30. The number of nitrogens with zero attached hydrogens (tertiary/aromatic N) is 1. The Morgan fingerprint density at radius 2 is 2.00 bits per heavy atom. The average molecular weight is 218 g/mol. The number of hydrogen-bond donors (Lipinski definition) is 1. The molecule has 1 aliphatic rings. The standard InChI is InChI=1S/C11H10N2O3/c1-7-4-9-10(16-3-2-15-9)5-8(7)13-11(14)6-12/h4-5H,2-3H2,1H3,(H,13,14). The summed E-state index contributed by atoms with van der Waals surface area (Å²) in [6, 6.07) is 4.94. The Labute approximate surface area is 92.6 Å². The fraction of sp³-hybridized carbons (Fsp3) is 0.273. The monoisotopic (exact) mass is 218 g/mol. The van der Waals surface area contributed by atoms with Crippen LogP contribution in [0.1, 0.15) is 5.56 Å². The van der Waals surface area contributed by atoms with Gasteiger partial charge in [0.05, 0.1) is 0 Å². The van der Waals surface area contributed by atoms with E-state index in [2.05, 4.69) is 5.32 Å². The number of aryl methyl sites for hydroxylation is 1. The zero-order valence-corrected chi connectivity index (χ0v) is 8.74. The minimum absolute atomic E-state index is 0.488. The lowest BCUT2D eigenvalue weighted by Gasteiger charge is -2.20. The van der Waals surface area contributed by atoms with Crippen molar-refractivity contribution in [3.05, 3.63) is 17.7 Å². The molecule has 5 nitrogen and oxygen atoms in total. The quantitative estimate of drug-likeness (QED) is 0.719. The van der Waals surface area contributed by atoms with Crippen molar-refractivity contribution in [3.8, 4) is 17.6 Å². The molecule has 0 radical (unpaired) electrons. The summed E-state index contributed by atoms with van der Waals surface area (Å²) in [5.41, 5.74) is 1.39. The molecular formula is C11H10N2O3. The van der Waals surface area contributed by atoms with E-state index in [0.717, 1.165) is 5.56 Å². The molecule has 0 aliphatic carbocycles. The highest BCUT2D eigenvalue weighted by Crippen LogP contribution is 2.35. The molecule has 0 atom stereocenters. The normalized spacial score (nSPS) is 12.8. The summed E-state index contributed by atoms with van der Waals surface area (Å²) in [6.45, 7) is 2.84. The van der Waals surface area contributed by atoms with Gasteiger partial charge in [-0.25, -0.2) is 0 Å². The lowest BCUT2D eigenvalue weighted by Crippen LogP contribution is -2.16. The van der Waals surface area contributed by atoms with Crippen molar-refractivity contribution in [1.82, 2.24) is 0 Å². The van der Waals surface area contributed by atoms with Gasteiger partial charge in [-0.15, -0.1) is 0 Å². The second kappa shape index (κ2) is 4.11. The van der Waals surface area contributed by atoms with Crippen molar-refractivity contribution >= 4 is 11.6 Å². The van der Waals surface area contributed by atoms with Gasteiger partial charge in [-0.3, -0.25) is 4.79 Å². The minimum atomic E-state index is -0.695. The van der Waals surface area contributed by atoms with Gasteiger partial charge in [0, 0.05) is 11.8 Å². The Balaban J connectivity index is 2.33. The fourth-order valence-corrected chi connectivity index (χ4v) is 1.48. The van der Waals surface area contributed by atoms with E-state index >= 15 is 0 Å². The molecule has 0 unspecified atom stereocenters. The molecule has 1 aromatic rings. The second-order valence-electron chi connectivity index (χ2n) is 3.38. The number of benzene rings is 1. The zero-order chi connectivity index (χ0) is 11.5. The summed E-state index contributed by atoms with van der Waals surface area (Å²) in [5.74, 6) is 0.559. The molecule has 82 valence electrons. The number of nitrogens with one attached hydrogen (secondary N) is 1. The maximum Gasteiger partial charge on any atom is 0.326 e. The van der Waals surface area contributed by atoms with Gasteiger partial charge in [0.1, 0.15) is 13.2 Å². The number of amides is 1. The number of carbonyl (C=O) groups is 1. The van der Waals surface area contributed by atoms with Gasteiger partial charge in [0.15, 0.2) is 17.6 Å². The zero-order valence-electron chi connectivity index (χ0n) is 8.74. The summed E-state index contributed by atoms with van der Waals surface area (Å²) in [4.78, 5) is 11.0. The topological polar surface area (TPSA) is 71.4 Å². The Morgan fingerprint density at radius 1 is 1.38 bits per heavy atom. The molecular weight excluding hydrogens is 208 g/mol. The number of nitriles is 1. The van der Waals surface area contributed by atoms with Gasteiger partial charge in [0.2, 0.25) is 0 Å². The maximum absolute atomic E-state index is 11.0. The van der Waals surface area contributed by atoms with Crippen LogP contribution in [0.3, 0.4) is 0 Å². The Bertz CT molecular complexity index is 477. The second-order valence-corrected chi connectivity index (χ2v) is 3.38. The van der Waals surface area contributed by atoms with Crippen LogP contribution in [0.4, 0.5) is 5.69 Å². The van der Waals surface area contributed by atoms with Crippen LogP contribution in [-0.2, 0) is 4.79 Å². The van der Waals surface area contributed by atoms with E-state index in [1.54, 1.807) is 12.1 Å². The van der Waals surface area contributed by atoms with Crippen LogP contribution >= 0.6 is 0 Å². The van der Waals surface area contributed by atoms with Gasteiger partial charge in [0.25, 0.3) is 0 Å². The predicted octanol–water partition coefficient (Wildman–Crippen LogP) is 1.23. The van der Waals surface area contributed by atoms with Gasteiger partial charge in [-0.2, -0.15) is 5.26 Å². The molecule has 1 aliphatic heterocycles. The summed E-state index contributed by atoms with van der Waals surface area (Å²) in [7, 11) is 0. The van der Waals surface area contributed by atoms with E-state index in [1.807, 2.05) is 6.92 Å². The molecule has 0 saturated heterocycles. The smallest absolute Gasteiger partial charge is 0.326 e. The number of carbonyl (C=O) groups excluding carboxylic acids is 1. The van der Waals surface area contributed by atoms with Gasteiger partial charge in [-0.05, 0) is 18.6 Å². The Kier molecular flexibility index (Phi) is 2.64. The molecule has 1 aromatic carbocycles. The van der Waals surface area contributed by atoms with E-state index in [9.17, 15) is 4.79 Å². The first-order chi connectivity index (χ1) is 7.70. The van der Waals surface area contributed by atoms with Gasteiger partial charge >= 0.3 is 5.91 Å². The van der Waals surface area contributed by atoms with E-state index in [4.69, 9.17) is 14.7 Å². The van der Waals surface area contributed by atoms with E-state index in [0.29, 0.717) is 30.4 Å². The highest BCUT2D eigenvalue weighted by molar-refractivity contribution is 6.02. The van der Waals surface area contributed by atoms with Gasteiger partial charge in [-0.1, -0.05) is 0 Å². The van der Waals surface area contributed by atoms with Crippen LogP contribution in [0.5, 0.6) is 11.5 Å². The minimum Gasteiger partial charge on any atom is -0.486 e. The molecule has 0 fully saturated rings. The third-order valence-corrected chi connectivity index (χ3v) is 2.24. The fourth-order valence-electron chi connectivity index (χ4n) is 1.48. The van der Waals surface area contributed by atoms with E-state index in [-0.39, 0.29) is 0 Å². The molecule has 0 aromatic heterocycles. The molecule has 2 rings (SSSR count). The van der Waals surface area contributed by atoms with Crippen LogP contribution < -0.4 is 14.8 Å². The number of hydrogen-bond acceptors (Lipinski definition) is 4. The van der Waals surface area contributed by atoms with Crippen molar-refractivity contribution < 1.29 is 14.3 Å². The summed E-state index contributed by atoms with van der Waals surface area (Å²) in [6.07, 6.45) is 0. The number of fused-ring (bicyclic) bond motifs is 1. The first kappa shape index (κ1) is 10.3. The molecule has 1 amide bonds. The lowest BCUT2D eigenvalue weighted by molar-refractivity contribution is -0.111. The number of anilines is 1. The predicted molar refractivity (Wildman–Crippen MR) is 56.4 cm³/mol. The molecule has 0 bridgehead atoms. The van der Waals surface area contributed by atoms with Crippen LogP contribution in [0.25, 0.3) is 0 Å². The molecule has 0 spiro atoms. The van der Waals surface area contributed by atoms with Gasteiger partial charge < -0.3 is 14.8 Å². The van der Waals surface area contributed by atoms with Crippen molar-refractivity contribution in [3.63, 3.8) is 0 Å². The van der Waals surface area contributed by atoms with Crippen molar-refractivity contribution in [2.24, 2.45) is 0 Å². The molecule has 16 heavy (non-hydrogen) atoms. The molecule has 1 heterocycles. The number of ether oxygens (including phenoxy) is 2. The largest absolute Gasteiger partial charge is 0.486 e. The molecule has 0 saturated carbocycles. The number of rotatable bonds is 1. The molecule has 5 heteroatoms. The Hall–Kier alpha value is -2.22.